The topological polar surface area (TPSA) is 46.0 Å². The smallest absolute Gasteiger partial charge is 0.124 e. The van der Waals surface area contributed by atoms with E-state index in [-0.39, 0.29) is 25.9 Å². The van der Waals surface area contributed by atoms with Gasteiger partial charge in [0.25, 0.3) is 0 Å². The van der Waals surface area contributed by atoms with E-state index in [1.807, 2.05) is 63.4 Å². The number of aromatic nitrogens is 2. The first-order valence-electron chi connectivity index (χ1n) is 12.2. The number of rotatable bonds is 3. The minimum atomic E-state index is -0.594. The van der Waals surface area contributed by atoms with Crippen molar-refractivity contribution in [2.75, 3.05) is 0 Å². The summed E-state index contributed by atoms with van der Waals surface area (Å²) in [7, 11) is 0. The molecule has 5 rings (SSSR count). The largest absolute Gasteiger partial charge is 0.507 e. The predicted octanol–water partition coefficient (Wildman–Crippen LogP) is 8.20. The van der Waals surface area contributed by atoms with Gasteiger partial charge in [-0.15, -0.1) is 34.9 Å². The number of fused-ring (bicyclic) bond motifs is 1. The molecule has 2 aromatic heterocycles. The van der Waals surface area contributed by atoms with Crippen molar-refractivity contribution in [1.29, 1.82) is 0 Å². The van der Waals surface area contributed by atoms with Gasteiger partial charge in [0.2, 0.25) is 0 Å². The van der Waals surface area contributed by atoms with Crippen molar-refractivity contribution in [3.63, 3.8) is 0 Å². The van der Waals surface area contributed by atoms with E-state index in [2.05, 4.69) is 54.1 Å². The molecule has 3 aromatic carbocycles. The fourth-order valence-electron chi connectivity index (χ4n) is 4.10. The van der Waals surface area contributed by atoms with Crippen LogP contribution < -0.4 is 0 Å². The van der Waals surface area contributed by atoms with Crippen LogP contribution in [0.2, 0.25) is 0 Å². The summed E-state index contributed by atoms with van der Waals surface area (Å²) in [5.41, 5.74) is 8.06. The Bertz CT molecular complexity index is 1510. The molecule has 0 aliphatic heterocycles. The summed E-state index contributed by atoms with van der Waals surface area (Å²) in [6.45, 7) is 9.98. The Morgan fingerprint density at radius 2 is 1.58 bits per heavy atom. The normalized spacial score (nSPS) is 11.2. The van der Waals surface area contributed by atoms with Crippen LogP contribution >= 0.6 is 0 Å². The van der Waals surface area contributed by atoms with Gasteiger partial charge in [0.05, 0.1) is 5.69 Å². The van der Waals surface area contributed by atoms with Gasteiger partial charge in [0.1, 0.15) is 5.75 Å². The fourth-order valence-corrected chi connectivity index (χ4v) is 4.10. The molecule has 185 valence electrons. The average molecular weight is 653 g/mol. The number of phenolic OH excluding ortho intramolecular Hbond substituents is 1. The van der Waals surface area contributed by atoms with Crippen molar-refractivity contribution in [3.05, 3.63) is 114 Å². The maximum absolute atomic E-state index is 9.61. The number of aryl methyl sites for hydroxylation is 3. The molecular weight excluding hydrogens is 621 g/mol. The third-order valence-electron chi connectivity index (χ3n) is 5.84. The Kier molecular flexibility index (Phi) is 8.64. The molecule has 0 atom stereocenters. The molecule has 0 aliphatic rings. The molecule has 0 bridgehead atoms. The van der Waals surface area contributed by atoms with E-state index in [4.69, 9.17) is 1.37 Å². The number of nitrogens with zero attached hydrogens (tertiary/aromatic N) is 2. The van der Waals surface area contributed by atoms with Crippen molar-refractivity contribution in [1.82, 2.24) is 9.97 Å². The summed E-state index contributed by atoms with van der Waals surface area (Å²) < 4.78 is 8.20. The predicted molar refractivity (Wildman–Crippen MR) is 146 cm³/mol. The van der Waals surface area contributed by atoms with Crippen LogP contribution in [0.15, 0.2) is 85.2 Å². The number of hydrogen-bond acceptors (Lipinski definition) is 3. The zero-order valence-corrected chi connectivity index (χ0v) is 23.7. The molecule has 0 saturated heterocycles. The zero-order valence-electron chi connectivity index (χ0n) is 22.3. The second-order valence-electron chi connectivity index (χ2n) is 9.09. The molecule has 0 aliphatic carbocycles. The van der Waals surface area contributed by atoms with Gasteiger partial charge >= 0.3 is 0 Å². The Balaban J connectivity index is 0.000000220. The second kappa shape index (κ2) is 12.1. The van der Waals surface area contributed by atoms with Crippen LogP contribution in [0.25, 0.3) is 33.3 Å². The number of pyridine rings is 2. The zero-order chi connectivity index (χ0) is 25.9. The van der Waals surface area contributed by atoms with E-state index in [0.717, 1.165) is 50.0 Å². The van der Waals surface area contributed by atoms with E-state index >= 15 is 0 Å². The van der Waals surface area contributed by atoms with Gasteiger partial charge in [-0.2, -0.15) is 0 Å². The fraction of sp³-hybridized carbons (Fsp3) is 0.188. The summed E-state index contributed by atoms with van der Waals surface area (Å²) in [6, 6.07) is 27.0. The molecule has 5 aromatic rings. The van der Waals surface area contributed by atoms with E-state index in [9.17, 15) is 5.11 Å². The number of para-hydroxylation sites is 1. The Morgan fingerprint density at radius 1 is 0.833 bits per heavy atom. The summed E-state index contributed by atoms with van der Waals surface area (Å²) in [5, 5.41) is 11.8. The number of phenols is 1. The summed E-state index contributed by atoms with van der Waals surface area (Å²) >= 11 is 0. The Hall–Kier alpha value is -3.33. The van der Waals surface area contributed by atoms with Crippen LogP contribution in [0.5, 0.6) is 5.75 Å². The van der Waals surface area contributed by atoms with Crippen LogP contribution in [-0.2, 0) is 20.1 Å². The van der Waals surface area contributed by atoms with Crippen LogP contribution in [0.3, 0.4) is 0 Å². The van der Waals surface area contributed by atoms with Gasteiger partial charge in [0, 0.05) is 39.4 Å². The van der Waals surface area contributed by atoms with E-state index < -0.39 is 5.89 Å². The van der Waals surface area contributed by atoms with Crippen molar-refractivity contribution < 1.29 is 26.6 Å². The number of aromatic hydroxyl groups is 1. The van der Waals surface area contributed by atoms with Crippen molar-refractivity contribution in [3.8, 4) is 28.3 Å². The van der Waals surface area contributed by atoms with Gasteiger partial charge < -0.3 is 10.1 Å². The molecule has 36 heavy (non-hydrogen) atoms. The van der Waals surface area contributed by atoms with Crippen molar-refractivity contribution in [2.45, 2.75) is 40.5 Å². The van der Waals surface area contributed by atoms with Crippen LogP contribution in [0, 0.1) is 26.8 Å². The van der Waals surface area contributed by atoms with Gasteiger partial charge in [-0.3, -0.25) is 4.98 Å². The van der Waals surface area contributed by atoms with E-state index in [1.54, 1.807) is 18.3 Å². The Morgan fingerprint density at radius 3 is 2.28 bits per heavy atom. The Labute approximate surface area is 229 Å². The molecule has 0 amide bonds. The van der Waals surface area contributed by atoms with E-state index in [1.165, 1.54) is 5.56 Å². The number of hydrogen-bond donors (Lipinski definition) is 1. The monoisotopic (exact) mass is 653 g/mol. The van der Waals surface area contributed by atoms with Crippen LogP contribution in [0.4, 0.5) is 0 Å². The molecule has 1 N–H and O–H groups in total. The van der Waals surface area contributed by atoms with E-state index in [0.29, 0.717) is 0 Å². The molecule has 0 fully saturated rings. The molecule has 3 nitrogen and oxygen atoms in total. The molecular formula is C32H31IrN2O-. The molecule has 2 heterocycles. The minimum Gasteiger partial charge on any atom is -0.507 e. The first kappa shape index (κ1) is 25.8. The van der Waals surface area contributed by atoms with Crippen LogP contribution in [0.1, 0.15) is 43.4 Å². The molecule has 1 radical (unpaired) electrons. The molecule has 4 heteroatoms. The molecule has 0 saturated carbocycles. The third kappa shape index (κ3) is 6.46. The van der Waals surface area contributed by atoms with Gasteiger partial charge in [-0.25, -0.2) is 0 Å². The van der Waals surface area contributed by atoms with Gasteiger partial charge in [0.15, 0.2) is 0 Å². The van der Waals surface area contributed by atoms with Gasteiger partial charge in [-0.05, 0) is 70.7 Å². The average Bonchev–Trinajstić information content (AvgIpc) is 2.83. The van der Waals surface area contributed by atoms with Gasteiger partial charge in [-0.1, -0.05) is 58.0 Å². The molecule has 0 spiro atoms. The maximum Gasteiger partial charge on any atom is 0.124 e. The maximum atomic E-state index is 9.61. The standard InChI is InChI=1S/C20H20N.C12H11NO.Ir/c1-13(2)16-5-6-19-17(12-16)7-8-21-20(19)18-10-14(3)9-15(4)11-18;1-9-6-7-13-11(8-9)10-4-2-3-5-12(10)14;/h5-10,12-13H,1-4H3;2-8,14H,1H3;/q-1;;/i13D;;. The summed E-state index contributed by atoms with van der Waals surface area (Å²) in [4.78, 5) is 8.78. The minimum absolute atomic E-state index is 0. The molecule has 0 unspecified atom stereocenters. The van der Waals surface area contributed by atoms with Crippen molar-refractivity contribution >= 4 is 10.8 Å². The first-order valence-corrected chi connectivity index (χ1v) is 11.7. The first-order chi connectivity index (χ1) is 17.1. The summed E-state index contributed by atoms with van der Waals surface area (Å²) in [6.07, 6.45) is 3.58. The van der Waals surface area contributed by atoms with Crippen molar-refractivity contribution in [2.24, 2.45) is 0 Å². The van der Waals surface area contributed by atoms with Crippen LogP contribution in [-0.4, -0.2) is 15.1 Å². The summed E-state index contributed by atoms with van der Waals surface area (Å²) in [5.74, 6) is -0.325. The number of benzene rings is 3. The second-order valence-corrected chi connectivity index (χ2v) is 9.09. The third-order valence-corrected chi connectivity index (χ3v) is 5.84. The quantitative estimate of drug-likeness (QED) is 0.200. The SMILES string of the molecule is Cc1ccnc(-c2ccccc2O)c1.[2H]C(C)(C)c1ccc2c(-c3[c-]c(C)cc(C)c3)nccc2c1.[Ir].